The number of rotatable bonds is 5. The Morgan fingerprint density at radius 1 is 1.58 bits per heavy atom. The third-order valence-electron chi connectivity index (χ3n) is 3.96. The van der Waals surface area contributed by atoms with Crippen molar-refractivity contribution in [3.8, 4) is 0 Å². The highest BCUT2D eigenvalue weighted by atomic mass is 16.6. The third kappa shape index (κ3) is 3.50. The zero-order valence-electron chi connectivity index (χ0n) is 13.7. The van der Waals surface area contributed by atoms with Gasteiger partial charge in [0.25, 0.3) is 5.56 Å². The highest BCUT2D eigenvalue weighted by molar-refractivity contribution is 5.86. The van der Waals surface area contributed by atoms with Crippen molar-refractivity contribution in [3.05, 3.63) is 61.3 Å². The average molecular weight is 361 g/mol. The van der Waals surface area contributed by atoms with Crippen molar-refractivity contribution in [3.63, 3.8) is 0 Å². The topological polar surface area (TPSA) is 168 Å². The number of esters is 1. The fraction of sp³-hybridized carbons (Fsp3) is 0.429. The van der Waals surface area contributed by atoms with E-state index in [1.165, 1.54) is 23.3 Å². The second-order valence-corrected chi connectivity index (χ2v) is 5.68. The number of aromatic amines is 2. The lowest BCUT2D eigenvalue weighted by atomic mass is 10.1. The van der Waals surface area contributed by atoms with Crippen molar-refractivity contribution in [2.45, 2.75) is 31.7 Å². The van der Waals surface area contributed by atoms with Crippen LogP contribution in [0.25, 0.3) is 10.4 Å². The molecule has 0 radical (unpaired) electrons. The van der Waals surface area contributed by atoms with Crippen LogP contribution in [0.5, 0.6) is 0 Å². The van der Waals surface area contributed by atoms with Crippen molar-refractivity contribution in [1.29, 1.82) is 0 Å². The fourth-order valence-corrected chi connectivity index (χ4v) is 2.63. The summed E-state index contributed by atoms with van der Waals surface area (Å²) < 4.78 is 12.1. The predicted octanol–water partition coefficient (Wildman–Crippen LogP) is 0.392. The number of hydrogen-bond donors (Lipinski definition) is 2. The van der Waals surface area contributed by atoms with Gasteiger partial charge in [-0.25, -0.2) is 14.6 Å². The van der Waals surface area contributed by atoms with Crippen molar-refractivity contribution < 1.29 is 14.3 Å². The maximum absolute atomic E-state index is 12.0. The van der Waals surface area contributed by atoms with Gasteiger partial charge in [0.15, 0.2) is 0 Å². The summed E-state index contributed by atoms with van der Waals surface area (Å²) in [6.07, 6.45) is 2.73. The molecule has 2 aromatic rings. The molecule has 12 nitrogen and oxygen atoms in total. The number of aryl methyl sites for hydroxylation is 1. The molecule has 1 aliphatic heterocycles. The molecular weight excluding hydrogens is 346 g/mol. The van der Waals surface area contributed by atoms with Gasteiger partial charge in [-0.15, -0.1) is 0 Å². The molecule has 26 heavy (non-hydrogen) atoms. The Morgan fingerprint density at radius 2 is 2.38 bits per heavy atom. The SMILES string of the molecule is Cc1cn(C2CC(N=[N+]=[N-])C(COC(=O)c3cnc[nH]3)O2)c(=O)[nH]c1=O. The van der Waals surface area contributed by atoms with Crippen LogP contribution in [0.4, 0.5) is 0 Å². The van der Waals surface area contributed by atoms with Crippen LogP contribution in [0.3, 0.4) is 0 Å². The number of imidazole rings is 1. The predicted molar refractivity (Wildman–Crippen MR) is 86.4 cm³/mol. The molecule has 2 aromatic heterocycles. The second-order valence-electron chi connectivity index (χ2n) is 5.68. The molecule has 3 rings (SSSR count). The molecule has 0 aliphatic carbocycles. The van der Waals surface area contributed by atoms with E-state index in [-0.39, 0.29) is 18.7 Å². The van der Waals surface area contributed by atoms with E-state index in [9.17, 15) is 14.4 Å². The largest absolute Gasteiger partial charge is 0.458 e. The van der Waals surface area contributed by atoms with Gasteiger partial charge in [-0.2, -0.15) is 0 Å². The molecule has 0 aromatic carbocycles. The number of aromatic nitrogens is 4. The third-order valence-corrected chi connectivity index (χ3v) is 3.96. The molecule has 12 heteroatoms. The first-order valence-electron chi connectivity index (χ1n) is 7.67. The van der Waals surface area contributed by atoms with Crippen LogP contribution in [0.2, 0.25) is 0 Å². The molecule has 1 aliphatic rings. The Bertz CT molecular complexity index is 957. The summed E-state index contributed by atoms with van der Waals surface area (Å²) in [7, 11) is 0. The van der Waals surface area contributed by atoms with E-state index in [2.05, 4.69) is 25.0 Å². The lowest BCUT2D eigenvalue weighted by Crippen LogP contribution is -2.33. The molecular formula is C14H15N7O5. The van der Waals surface area contributed by atoms with Gasteiger partial charge in [-0.3, -0.25) is 14.3 Å². The van der Waals surface area contributed by atoms with Gasteiger partial charge in [0.1, 0.15) is 24.6 Å². The number of H-pyrrole nitrogens is 2. The average Bonchev–Trinajstić information content (AvgIpc) is 3.26. The zero-order valence-corrected chi connectivity index (χ0v) is 13.7. The Labute approximate surface area is 145 Å². The van der Waals surface area contributed by atoms with Gasteiger partial charge in [0.2, 0.25) is 0 Å². The monoisotopic (exact) mass is 361 g/mol. The Hall–Kier alpha value is -3.37. The maximum Gasteiger partial charge on any atom is 0.356 e. The summed E-state index contributed by atoms with van der Waals surface area (Å²) in [5.41, 5.74) is 8.12. The van der Waals surface area contributed by atoms with Gasteiger partial charge in [0, 0.05) is 23.1 Å². The van der Waals surface area contributed by atoms with E-state index in [4.69, 9.17) is 15.0 Å². The number of nitrogens with zero attached hydrogens (tertiary/aromatic N) is 5. The number of nitrogens with one attached hydrogen (secondary N) is 2. The smallest absolute Gasteiger partial charge is 0.356 e. The number of hydrogen-bond acceptors (Lipinski definition) is 7. The summed E-state index contributed by atoms with van der Waals surface area (Å²) >= 11 is 0. The molecule has 0 amide bonds. The molecule has 3 unspecified atom stereocenters. The van der Waals surface area contributed by atoms with E-state index >= 15 is 0 Å². The minimum Gasteiger partial charge on any atom is -0.458 e. The molecule has 1 saturated heterocycles. The number of carbonyl (C=O) groups excluding carboxylic acids is 1. The van der Waals surface area contributed by atoms with E-state index in [0.29, 0.717) is 5.56 Å². The van der Waals surface area contributed by atoms with Gasteiger partial charge >= 0.3 is 11.7 Å². The minimum absolute atomic E-state index is 0.172. The molecule has 0 saturated carbocycles. The molecule has 136 valence electrons. The van der Waals surface area contributed by atoms with Crippen molar-refractivity contribution in [2.24, 2.45) is 5.11 Å². The lowest BCUT2D eigenvalue weighted by Gasteiger charge is -2.16. The Balaban J connectivity index is 1.75. The van der Waals surface area contributed by atoms with Crippen LogP contribution in [-0.4, -0.2) is 44.2 Å². The summed E-state index contributed by atoms with van der Waals surface area (Å²) in [5, 5.41) is 3.65. The Kier molecular flexibility index (Phi) is 4.87. The first kappa shape index (κ1) is 17.5. The fourth-order valence-electron chi connectivity index (χ4n) is 2.63. The van der Waals surface area contributed by atoms with Crippen LogP contribution >= 0.6 is 0 Å². The van der Waals surface area contributed by atoms with Crippen LogP contribution in [-0.2, 0) is 9.47 Å². The molecule has 0 bridgehead atoms. The van der Waals surface area contributed by atoms with Gasteiger partial charge in [-0.05, 0) is 12.5 Å². The molecule has 3 atom stereocenters. The summed E-state index contributed by atoms with van der Waals surface area (Å²) in [5.74, 6) is -0.633. The van der Waals surface area contributed by atoms with Gasteiger partial charge < -0.3 is 14.5 Å². The Morgan fingerprint density at radius 3 is 3.08 bits per heavy atom. The standard InChI is InChI=1S/C14H15N7O5/c1-7-4-21(14(24)18-12(7)22)11-2-8(19-20-15)10(26-11)5-25-13(23)9-3-16-6-17-9/h3-4,6,8,10-11H,2,5H2,1H3,(H,16,17)(H,18,22,24). The van der Waals surface area contributed by atoms with Crippen LogP contribution in [0.1, 0.15) is 28.7 Å². The summed E-state index contributed by atoms with van der Waals surface area (Å²) in [4.78, 5) is 46.6. The van der Waals surface area contributed by atoms with E-state index < -0.39 is 35.6 Å². The van der Waals surface area contributed by atoms with Crippen molar-refractivity contribution in [2.75, 3.05) is 6.61 Å². The number of ether oxygens (including phenoxy) is 2. The maximum atomic E-state index is 12.0. The molecule has 0 spiro atoms. The molecule has 3 heterocycles. The summed E-state index contributed by atoms with van der Waals surface area (Å²) in [6, 6.07) is -0.640. The van der Waals surface area contributed by atoms with E-state index in [1.54, 1.807) is 6.92 Å². The highest BCUT2D eigenvalue weighted by Crippen LogP contribution is 2.30. The second kappa shape index (κ2) is 7.25. The van der Waals surface area contributed by atoms with Crippen LogP contribution < -0.4 is 11.2 Å². The van der Waals surface area contributed by atoms with Crippen LogP contribution in [0, 0.1) is 6.92 Å². The normalized spacial score (nSPS) is 22.0. The first-order valence-corrected chi connectivity index (χ1v) is 7.67. The van der Waals surface area contributed by atoms with Crippen molar-refractivity contribution in [1.82, 2.24) is 19.5 Å². The highest BCUT2D eigenvalue weighted by Gasteiger charge is 2.37. The minimum atomic E-state index is -0.760. The first-order chi connectivity index (χ1) is 12.5. The molecule has 1 fully saturated rings. The molecule has 2 N–H and O–H groups in total. The lowest BCUT2D eigenvalue weighted by molar-refractivity contribution is -0.0364. The quantitative estimate of drug-likeness (QED) is 0.338. The van der Waals surface area contributed by atoms with E-state index in [1.807, 2.05) is 0 Å². The zero-order chi connectivity index (χ0) is 18.7. The van der Waals surface area contributed by atoms with E-state index in [0.717, 1.165) is 0 Å². The van der Waals surface area contributed by atoms with Gasteiger partial charge in [-0.1, -0.05) is 5.11 Å². The number of azide groups is 1. The van der Waals surface area contributed by atoms with Crippen molar-refractivity contribution >= 4 is 5.97 Å². The van der Waals surface area contributed by atoms with Crippen LogP contribution in [0.15, 0.2) is 33.4 Å². The summed E-state index contributed by atoms with van der Waals surface area (Å²) in [6.45, 7) is 1.38. The number of carbonyl (C=O) groups is 1. The van der Waals surface area contributed by atoms with Gasteiger partial charge in [0.05, 0.1) is 18.6 Å².